The van der Waals surface area contributed by atoms with E-state index in [1.165, 1.54) is 6.07 Å². The van der Waals surface area contributed by atoms with Crippen LogP contribution < -0.4 is 5.32 Å². The van der Waals surface area contributed by atoms with Gasteiger partial charge < -0.3 is 5.32 Å². The van der Waals surface area contributed by atoms with E-state index in [2.05, 4.69) is 16.8 Å². The van der Waals surface area contributed by atoms with E-state index in [-0.39, 0.29) is 36.4 Å². The summed E-state index contributed by atoms with van der Waals surface area (Å²) in [6.07, 6.45) is 0.830. The third-order valence-electron chi connectivity index (χ3n) is 3.63. The molecule has 22 heavy (non-hydrogen) atoms. The van der Waals surface area contributed by atoms with Crippen LogP contribution in [0.1, 0.15) is 30.5 Å². The van der Waals surface area contributed by atoms with Crippen LogP contribution in [0.4, 0.5) is 4.39 Å². The summed E-state index contributed by atoms with van der Waals surface area (Å²) in [6, 6.07) is 6.93. The fourth-order valence-corrected chi connectivity index (χ4v) is 2.62. The Balaban J connectivity index is 0.00000220. The van der Waals surface area contributed by atoms with Crippen molar-refractivity contribution < 1.29 is 4.39 Å². The molecule has 0 aromatic heterocycles. The number of nitrogens with one attached hydrogen (secondary N) is 1. The number of nitrogens with zero attached hydrogens (tertiary/aromatic N) is 2. The molecule has 1 heterocycles. The van der Waals surface area contributed by atoms with Gasteiger partial charge in [-0.15, -0.1) is 31.4 Å². The molecule has 0 spiro atoms. The van der Waals surface area contributed by atoms with Crippen molar-refractivity contribution in [2.45, 2.75) is 19.4 Å². The summed E-state index contributed by atoms with van der Waals surface area (Å²) >= 11 is 0. The van der Waals surface area contributed by atoms with Gasteiger partial charge in [-0.05, 0) is 31.0 Å². The van der Waals surface area contributed by atoms with Gasteiger partial charge in [0.2, 0.25) is 0 Å². The molecule has 1 aliphatic rings. The Bertz CT molecular complexity index is 537. The Morgan fingerprint density at radius 3 is 2.59 bits per heavy atom. The second-order valence-electron chi connectivity index (χ2n) is 5.31. The largest absolute Gasteiger partial charge is 0.314 e. The van der Waals surface area contributed by atoms with Crippen molar-refractivity contribution in [3.63, 3.8) is 0 Å². The SMILES string of the molecule is C=C(C)C[C@@H](c1ccc(F)c(C#N)c1)N1CCNCC1.Cl.Cl. The van der Waals surface area contributed by atoms with Gasteiger partial charge in [-0.25, -0.2) is 4.39 Å². The normalized spacial score (nSPS) is 15.9. The lowest BCUT2D eigenvalue weighted by Crippen LogP contribution is -2.45. The predicted octanol–water partition coefficient (Wildman–Crippen LogP) is 3.45. The summed E-state index contributed by atoms with van der Waals surface area (Å²) in [6.45, 7) is 9.82. The fourth-order valence-electron chi connectivity index (χ4n) is 2.62. The number of hydrogen-bond donors (Lipinski definition) is 1. The van der Waals surface area contributed by atoms with Crippen molar-refractivity contribution in [3.05, 3.63) is 47.3 Å². The average Bonchev–Trinajstić information content (AvgIpc) is 2.46. The lowest BCUT2D eigenvalue weighted by Gasteiger charge is -2.35. The van der Waals surface area contributed by atoms with Gasteiger partial charge in [-0.1, -0.05) is 11.6 Å². The lowest BCUT2D eigenvalue weighted by molar-refractivity contribution is 0.172. The summed E-state index contributed by atoms with van der Waals surface area (Å²) < 4.78 is 13.5. The molecule has 0 saturated carbocycles. The van der Waals surface area contributed by atoms with Crippen LogP contribution in [0, 0.1) is 17.1 Å². The molecular formula is C16H22Cl2FN3. The summed E-state index contributed by atoms with van der Waals surface area (Å²) in [5, 5.41) is 12.3. The summed E-state index contributed by atoms with van der Waals surface area (Å²) in [5.74, 6) is -0.453. The molecule has 122 valence electrons. The second-order valence-corrected chi connectivity index (χ2v) is 5.31. The smallest absolute Gasteiger partial charge is 0.140 e. The maximum atomic E-state index is 13.5. The Hall–Kier alpha value is -1.12. The molecule has 0 amide bonds. The number of benzene rings is 1. The third kappa shape index (κ3) is 5.26. The van der Waals surface area contributed by atoms with Crippen molar-refractivity contribution in [1.82, 2.24) is 10.2 Å². The molecule has 2 rings (SSSR count). The van der Waals surface area contributed by atoms with Gasteiger partial charge in [-0.2, -0.15) is 5.26 Å². The van der Waals surface area contributed by atoms with Crippen LogP contribution in [-0.2, 0) is 0 Å². The zero-order chi connectivity index (χ0) is 14.5. The molecule has 1 saturated heterocycles. The minimum absolute atomic E-state index is 0. The van der Waals surface area contributed by atoms with Crippen molar-refractivity contribution in [1.29, 1.82) is 5.26 Å². The molecule has 0 bridgehead atoms. The number of rotatable bonds is 4. The number of nitriles is 1. The number of halogens is 3. The van der Waals surface area contributed by atoms with E-state index >= 15 is 0 Å². The first-order valence-corrected chi connectivity index (χ1v) is 6.90. The third-order valence-corrected chi connectivity index (χ3v) is 3.63. The first-order chi connectivity index (χ1) is 9.61. The Labute approximate surface area is 144 Å². The van der Waals surface area contributed by atoms with Gasteiger partial charge >= 0.3 is 0 Å². The minimum Gasteiger partial charge on any atom is -0.314 e. The van der Waals surface area contributed by atoms with E-state index in [1.54, 1.807) is 12.1 Å². The minimum atomic E-state index is -0.453. The zero-order valence-electron chi connectivity index (χ0n) is 12.6. The Morgan fingerprint density at radius 1 is 1.41 bits per heavy atom. The van der Waals surface area contributed by atoms with Crippen LogP contribution in [0.15, 0.2) is 30.4 Å². The highest BCUT2D eigenvalue weighted by atomic mass is 35.5. The molecule has 6 heteroatoms. The molecule has 0 unspecified atom stereocenters. The number of piperazine rings is 1. The topological polar surface area (TPSA) is 39.1 Å². The van der Waals surface area contributed by atoms with Gasteiger partial charge in [0.05, 0.1) is 5.56 Å². The average molecular weight is 346 g/mol. The zero-order valence-corrected chi connectivity index (χ0v) is 14.3. The van der Waals surface area contributed by atoms with E-state index in [0.29, 0.717) is 0 Å². The maximum absolute atomic E-state index is 13.5. The summed E-state index contributed by atoms with van der Waals surface area (Å²) in [7, 11) is 0. The molecule has 1 fully saturated rings. The summed E-state index contributed by atoms with van der Waals surface area (Å²) in [4.78, 5) is 2.37. The van der Waals surface area contributed by atoms with Crippen molar-refractivity contribution in [3.8, 4) is 6.07 Å². The first-order valence-electron chi connectivity index (χ1n) is 6.90. The molecular weight excluding hydrogens is 324 g/mol. The van der Waals surface area contributed by atoms with Crippen LogP contribution in [0.3, 0.4) is 0 Å². The predicted molar refractivity (Wildman–Crippen MR) is 92.2 cm³/mol. The van der Waals surface area contributed by atoms with Gasteiger partial charge in [0.25, 0.3) is 0 Å². The molecule has 1 aromatic carbocycles. The van der Waals surface area contributed by atoms with Crippen LogP contribution in [0.5, 0.6) is 0 Å². The first kappa shape index (κ1) is 20.9. The molecule has 1 aliphatic heterocycles. The van der Waals surface area contributed by atoms with Crippen molar-refractivity contribution in [2.75, 3.05) is 26.2 Å². The maximum Gasteiger partial charge on any atom is 0.140 e. The molecule has 3 nitrogen and oxygen atoms in total. The fraction of sp³-hybridized carbons (Fsp3) is 0.438. The van der Waals surface area contributed by atoms with E-state index in [4.69, 9.17) is 5.26 Å². The molecule has 1 atom stereocenters. The van der Waals surface area contributed by atoms with E-state index in [9.17, 15) is 4.39 Å². The van der Waals surface area contributed by atoms with Gasteiger partial charge in [0, 0.05) is 32.2 Å². The monoisotopic (exact) mass is 345 g/mol. The lowest BCUT2D eigenvalue weighted by atomic mass is 9.96. The second kappa shape index (κ2) is 9.81. The Morgan fingerprint density at radius 2 is 2.05 bits per heavy atom. The molecule has 1 N–H and O–H groups in total. The van der Waals surface area contributed by atoms with E-state index in [0.717, 1.165) is 43.7 Å². The van der Waals surface area contributed by atoms with Gasteiger partial charge in [0.15, 0.2) is 0 Å². The van der Waals surface area contributed by atoms with Crippen molar-refractivity contribution >= 4 is 24.8 Å². The van der Waals surface area contributed by atoms with Crippen LogP contribution in [0.2, 0.25) is 0 Å². The van der Waals surface area contributed by atoms with E-state index in [1.807, 2.05) is 13.0 Å². The van der Waals surface area contributed by atoms with Gasteiger partial charge in [0.1, 0.15) is 11.9 Å². The molecule has 0 radical (unpaired) electrons. The van der Waals surface area contributed by atoms with Crippen molar-refractivity contribution in [2.24, 2.45) is 0 Å². The molecule has 1 aromatic rings. The molecule has 0 aliphatic carbocycles. The van der Waals surface area contributed by atoms with E-state index < -0.39 is 5.82 Å². The van der Waals surface area contributed by atoms with Crippen LogP contribution in [-0.4, -0.2) is 31.1 Å². The highest BCUT2D eigenvalue weighted by Gasteiger charge is 2.22. The van der Waals surface area contributed by atoms with Crippen LogP contribution >= 0.6 is 24.8 Å². The van der Waals surface area contributed by atoms with Crippen LogP contribution in [0.25, 0.3) is 0 Å². The quantitative estimate of drug-likeness (QED) is 0.849. The highest BCUT2D eigenvalue weighted by Crippen LogP contribution is 2.28. The highest BCUT2D eigenvalue weighted by molar-refractivity contribution is 5.85. The van der Waals surface area contributed by atoms with Gasteiger partial charge in [-0.3, -0.25) is 4.90 Å². The number of hydrogen-bond acceptors (Lipinski definition) is 3. The Kier molecular flexibility index (Phi) is 9.31. The standard InChI is InChI=1S/C16H20FN3.2ClH/c1-12(2)9-16(20-7-5-19-6-8-20)13-3-4-15(17)14(10-13)11-18;;/h3-4,10,16,19H,1,5-9H2,2H3;2*1H/t16-;;/m0../s1. The summed E-state index contributed by atoms with van der Waals surface area (Å²) in [5.41, 5.74) is 2.20.